The van der Waals surface area contributed by atoms with E-state index in [-0.39, 0.29) is 13.0 Å². The molecule has 0 aliphatic carbocycles. The van der Waals surface area contributed by atoms with Crippen LogP contribution in [0.15, 0.2) is 0 Å². The molecule has 0 N–H and O–H groups in total. The molecule has 1 amide bonds. The Labute approximate surface area is 128 Å². The van der Waals surface area contributed by atoms with E-state index in [0.29, 0.717) is 11.8 Å². The van der Waals surface area contributed by atoms with Gasteiger partial charge >= 0.3 is 6.18 Å². The Morgan fingerprint density at radius 2 is 1.60 bits per heavy atom. The molecule has 2 nitrogen and oxygen atoms in total. The summed E-state index contributed by atoms with van der Waals surface area (Å²) in [5, 5.41) is 0.367. The molecular weight excluding hydrogens is 335 g/mol. The van der Waals surface area contributed by atoms with Crippen LogP contribution in [0, 0.1) is 0 Å². The molecule has 0 aromatic rings. The third-order valence-electron chi connectivity index (χ3n) is 3.07. The second-order valence-corrected chi connectivity index (χ2v) is 5.78. The van der Waals surface area contributed by atoms with E-state index in [1.807, 2.05) is 0 Å². The predicted octanol–water partition coefficient (Wildman–Crippen LogP) is 4.91. The summed E-state index contributed by atoms with van der Waals surface area (Å²) in [5.74, 6) is -0.393. The van der Waals surface area contributed by atoms with Crippen molar-refractivity contribution in [1.82, 2.24) is 4.90 Å². The maximum absolute atomic E-state index is 12.3. The third kappa shape index (κ3) is 11.6. The minimum atomic E-state index is -4.32. The molecule has 0 saturated carbocycles. The minimum absolute atomic E-state index is 0.106. The van der Waals surface area contributed by atoms with Gasteiger partial charge in [-0.05, 0) is 6.42 Å². The number of hydrogen-bond donors (Lipinski definition) is 0. The topological polar surface area (TPSA) is 20.3 Å². The van der Waals surface area contributed by atoms with Crippen molar-refractivity contribution in [3.63, 3.8) is 0 Å². The molecule has 0 aromatic carbocycles. The zero-order valence-electron chi connectivity index (χ0n) is 12.1. The molecule has 120 valence electrons. The maximum Gasteiger partial charge on any atom is 0.406 e. The van der Waals surface area contributed by atoms with E-state index >= 15 is 0 Å². The van der Waals surface area contributed by atoms with Crippen LogP contribution in [0.4, 0.5) is 13.2 Å². The molecule has 0 atom stereocenters. The van der Waals surface area contributed by atoms with Crippen molar-refractivity contribution in [2.75, 3.05) is 18.4 Å². The highest BCUT2D eigenvalue weighted by molar-refractivity contribution is 9.09. The molecule has 0 unspecified atom stereocenters. The van der Waals surface area contributed by atoms with Crippen LogP contribution in [0.3, 0.4) is 0 Å². The van der Waals surface area contributed by atoms with Crippen molar-refractivity contribution < 1.29 is 18.0 Å². The molecule has 0 spiro atoms. The minimum Gasteiger partial charge on any atom is -0.333 e. The molecule has 0 bridgehead atoms. The van der Waals surface area contributed by atoms with E-state index in [9.17, 15) is 18.0 Å². The Balaban J connectivity index is 3.84. The first-order chi connectivity index (χ1) is 9.40. The highest BCUT2D eigenvalue weighted by atomic mass is 79.9. The lowest BCUT2D eigenvalue weighted by Crippen LogP contribution is -2.40. The van der Waals surface area contributed by atoms with Gasteiger partial charge in [-0.25, -0.2) is 0 Å². The number of unbranched alkanes of at least 4 members (excludes halogenated alkanes) is 6. The highest BCUT2D eigenvalue weighted by Crippen LogP contribution is 2.18. The van der Waals surface area contributed by atoms with E-state index in [1.165, 1.54) is 19.3 Å². The second kappa shape index (κ2) is 11.4. The summed E-state index contributed by atoms with van der Waals surface area (Å²) in [4.78, 5) is 12.6. The van der Waals surface area contributed by atoms with Gasteiger partial charge in [-0.2, -0.15) is 13.2 Å². The lowest BCUT2D eigenvalue weighted by Gasteiger charge is -2.23. The lowest BCUT2D eigenvalue weighted by molar-refractivity contribution is -0.160. The molecular formula is C14H25BrF3NO. The number of alkyl halides is 4. The molecule has 0 aliphatic rings. The fourth-order valence-electron chi connectivity index (χ4n) is 2.00. The first-order valence-corrected chi connectivity index (χ1v) is 8.43. The summed E-state index contributed by atoms with van der Waals surface area (Å²) in [6.45, 7) is 1.11. The van der Waals surface area contributed by atoms with Crippen molar-refractivity contribution in [3.8, 4) is 0 Å². The standard InChI is InChI=1S/C14H25BrF3NO/c1-2-3-4-5-6-7-8-9-13(20)19(11-10-15)12-14(16,17)18/h2-12H2,1H3. The lowest BCUT2D eigenvalue weighted by atomic mass is 10.1. The molecule has 20 heavy (non-hydrogen) atoms. The van der Waals surface area contributed by atoms with Gasteiger partial charge in [0, 0.05) is 18.3 Å². The Bertz CT molecular complexity index is 259. The maximum atomic E-state index is 12.3. The van der Waals surface area contributed by atoms with Gasteiger partial charge in [-0.3, -0.25) is 4.79 Å². The van der Waals surface area contributed by atoms with Crippen molar-refractivity contribution >= 4 is 21.8 Å². The Hall–Kier alpha value is -0.260. The molecule has 0 aliphatic heterocycles. The molecule has 0 heterocycles. The molecule has 0 rings (SSSR count). The summed E-state index contributed by atoms with van der Waals surface area (Å²) >= 11 is 3.08. The Morgan fingerprint density at radius 3 is 2.10 bits per heavy atom. The van der Waals surface area contributed by atoms with Crippen LogP contribution in [0.1, 0.15) is 58.3 Å². The zero-order chi connectivity index (χ0) is 15.4. The molecule has 0 fully saturated rings. The van der Waals surface area contributed by atoms with E-state index in [0.717, 1.165) is 24.2 Å². The van der Waals surface area contributed by atoms with Gasteiger partial charge in [0.1, 0.15) is 6.54 Å². The van der Waals surface area contributed by atoms with Crippen molar-refractivity contribution in [1.29, 1.82) is 0 Å². The average molecular weight is 360 g/mol. The summed E-state index contributed by atoms with van der Waals surface area (Å²) in [5.41, 5.74) is 0. The molecule has 0 aromatic heterocycles. The van der Waals surface area contributed by atoms with Gasteiger partial charge < -0.3 is 4.90 Å². The smallest absolute Gasteiger partial charge is 0.333 e. The fourth-order valence-corrected chi connectivity index (χ4v) is 2.43. The van der Waals surface area contributed by atoms with Crippen LogP contribution in [0.25, 0.3) is 0 Å². The van der Waals surface area contributed by atoms with Crippen LogP contribution in [0.5, 0.6) is 0 Å². The van der Waals surface area contributed by atoms with Crippen LogP contribution < -0.4 is 0 Å². The van der Waals surface area contributed by atoms with Crippen molar-refractivity contribution in [3.05, 3.63) is 0 Å². The zero-order valence-corrected chi connectivity index (χ0v) is 13.7. The Morgan fingerprint density at radius 1 is 1.05 bits per heavy atom. The van der Waals surface area contributed by atoms with E-state index in [1.54, 1.807) is 0 Å². The fraction of sp³-hybridized carbons (Fsp3) is 0.929. The van der Waals surface area contributed by atoms with Gasteiger partial charge in [-0.15, -0.1) is 0 Å². The van der Waals surface area contributed by atoms with Crippen molar-refractivity contribution in [2.24, 2.45) is 0 Å². The summed E-state index contributed by atoms with van der Waals surface area (Å²) < 4.78 is 37.0. The number of carbonyl (C=O) groups excluding carboxylic acids is 1. The summed E-state index contributed by atoms with van der Waals surface area (Å²) in [6.07, 6.45) is 3.33. The average Bonchev–Trinajstić information content (AvgIpc) is 2.35. The number of hydrogen-bond acceptors (Lipinski definition) is 1. The van der Waals surface area contributed by atoms with Gasteiger partial charge in [0.25, 0.3) is 0 Å². The third-order valence-corrected chi connectivity index (χ3v) is 3.43. The number of rotatable bonds is 11. The number of nitrogens with zero attached hydrogens (tertiary/aromatic N) is 1. The summed E-state index contributed by atoms with van der Waals surface area (Å²) in [7, 11) is 0. The number of amides is 1. The van der Waals surface area contributed by atoms with E-state index in [4.69, 9.17) is 0 Å². The van der Waals surface area contributed by atoms with Gasteiger partial charge in [-0.1, -0.05) is 61.4 Å². The highest BCUT2D eigenvalue weighted by Gasteiger charge is 2.32. The summed E-state index contributed by atoms with van der Waals surface area (Å²) in [6, 6.07) is 0. The van der Waals surface area contributed by atoms with E-state index in [2.05, 4.69) is 22.9 Å². The SMILES string of the molecule is CCCCCCCCCC(=O)N(CCBr)CC(F)(F)F. The normalized spacial score (nSPS) is 11.7. The second-order valence-electron chi connectivity index (χ2n) is 4.99. The largest absolute Gasteiger partial charge is 0.406 e. The number of carbonyl (C=O) groups is 1. The first-order valence-electron chi connectivity index (χ1n) is 7.31. The quantitative estimate of drug-likeness (QED) is 0.379. The molecule has 0 saturated heterocycles. The molecule has 0 radical (unpaired) electrons. The van der Waals surface area contributed by atoms with Crippen LogP contribution >= 0.6 is 15.9 Å². The van der Waals surface area contributed by atoms with Gasteiger partial charge in [0.2, 0.25) is 5.91 Å². The monoisotopic (exact) mass is 359 g/mol. The Kier molecular flexibility index (Phi) is 11.3. The number of halogens is 4. The van der Waals surface area contributed by atoms with Crippen LogP contribution in [0.2, 0.25) is 0 Å². The van der Waals surface area contributed by atoms with Gasteiger partial charge in [0.15, 0.2) is 0 Å². The van der Waals surface area contributed by atoms with Crippen molar-refractivity contribution in [2.45, 2.75) is 64.5 Å². The predicted molar refractivity (Wildman–Crippen MR) is 79.0 cm³/mol. The first kappa shape index (κ1) is 19.7. The van der Waals surface area contributed by atoms with Gasteiger partial charge in [0.05, 0.1) is 0 Å². The molecule has 6 heteroatoms. The van der Waals surface area contributed by atoms with Crippen LogP contribution in [-0.4, -0.2) is 35.4 Å². The van der Waals surface area contributed by atoms with E-state index < -0.39 is 18.6 Å². The van der Waals surface area contributed by atoms with Crippen LogP contribution in [-0.2, 0) is 4.79 Å².